The Kier molecular flexibility index (Phi) is 3.65. The molecule has 18 heavy (non-hydrogen) atoms. The predicted octanol–water partition coefficient (Wildman–Crippen LogP) is 4.71. The summed E-state index contributed by atoms with van der Waals surface area (Å²) in [6.07, 6.45) is 6.05. The van der Waals surface area contributed by atoms with Crippen LogP contribution in [0, 0.1) is 6.92 Å². The fourth-order valence-corrected chi connectivity index (χ4v) is 2.78. The van der Waals surface area contributed by atoms with E-state index < -0.39 is 4.87 Å². The summed E-state index contributed by atoms with van der Waals surface area (Å²) in [7, 11) is 0. The molecule has 0 N–H and O–H groups in total. The van der Waals surface area contributed by atoms with Gasteiger partial charge in [0.05, 0.1) is 5.02 Å². The van der Waals surface area contributed by atoms with E-state index in [1.54, 1.807) is 18.2 Å². The standard InChI is InChI=1S/C15H14Cl2O/c1-10-5-6-12(13(16)8-10)14(18)15(17)7-3-4-11(2)9-15/h3-8H,9H2,1-2H3. The van der Waals surface area contributed by atoms with E-state index in [1.165, 1.54) is 0 Å². The Morgan fingerprint density at radius 1 is 1.33 bits per heavy atom. The molecule has 1 aromatic carbocycles. The largest absolute Gasteiger partial charge is 0.292 e. The molecule has 1 atom stereocenters. The van der Waals surface area contributed by atoms with Crippen LogP contribution in [-0.4, -0.2) is 10.7 Å². The number of ketones is 1. The summed E-state index contributed by atoms with van der Waals surface area (Å²) in [5, 5.41) is 0.459. The van der Waals surface area contributed by atoms with Crippen LogP contribution in [0.2, 0.25) is 5.02 Å². The van der Waals surface area contributed by atoms with Crippen molar-refractivity contribution < 1.29 is 4.79 Å². The molecule has 94 valence electrons. The van der Waals surface area contributed by atoms with Crippen LogP contribution >= 0.6 is 23.2 Å². The number of carbonyl (C=O) groups excluding carboxylic acids is 1. The Labute approximate surface area is 117 Å². The lowest BCUT2D eigenvalue weighted by atomic mass is 9.87. The van der Waals surface area contributed by atoms with Gasteiger partial charge in [-0.1, -0.05) is 41.5 Å². The van der Waals surface area contributed by atoms with Gasteiger partial charge in [0.1, 0.15) is 4.87 Å². The van der Waals surface area contributed by atoms with Gasteiger partial charge in [-0.25, -0.2) is 0 Å². The van der Waals surface area contributed by atoms with Crippen molar-refractivity contribution in [1.29, 1.82) is 0 Å². The number of allylic oxidation sites excluding steroid dienone is 4. The van der Waals surface area contributed by atoms with E-state index >= 15 is 0 Å². The summed E-state index contributed by atoms with van der Waals surface area (Å²) in [5.41, 5.74) is 2.59. The second kappa shape index (κ2) is 4.91. The Hall–Kier alpha value is -1.05. The number of carbonyl (C=O) groups is 1. The molecule has 1 nitrogen and oxygen atoms in total. The second-order valence-corrected chi connectivity index (χ2v) is 5.81. The lowest BCUT2D eigenvalue weighted by molar-refractivity contribution is 0.0958. The normalized spacial score (nSPS) is 22.8. The quantitative estimate of drug-likeness (QED) is 0.566. The van der Waals surface area contributed by atoms with Crippen molar-refractivity contribution in [2.45, 2.75) is 25.1 Å². The maximum Gasteiger partial charge on any atom is 0.189 e. The smallest absolute Gasteiger partial charge is 0.189 e. The molecule has 0 aliphatic heterocycles. The van der Waals surface area contributed by atoms with E-state index in [-0.39, 0.29) is 5.78 Å². The summed E-state index contributed by atoms with van der Waals surface area (Å²) >= 11 is 12.6. The Bertz CT molecular complexity index is 558. The van der Waals surface area contributed by atoms with E-state index in [0.717, 1.165) is 11.1 Å². The first-order valence-corrected chi connectivity index (χ1v) is 6.53. The van der Waals surface area contributed by atoms with E-state index in [2.05, 4.69) is 0 Å². The number of halogens is 2. The number of alkyl halides is 1. The van der Waals surface area contributed by atoms with E-state index in [0.29, 0.717) is 17.0 Å². The van der Waals surface area contributed by atoms with Crippen molar-refractivity contribution in [2.75, 3.05) is 0 Å². The summed E-state index contributed by atoms with van der Waals surface area (Å²) in [4.78, 5) is 11.5. The monoisotopic (exact) mass is 280 g/mol. The Morgan fingerprint density at radius 2 is 2.06 bits per heavy atom. The molecule has 0 radical (unpaired) electrons. The Balaban J connectivity index is 2.37. The molecule has 0 amide bonds. The van der Waals surface area contributed by atoms with E-state index in [9.17, 15) is 4.79 Å². The average Bonchev–Trinajstić information content (AvgIpc) is 2.28. The molecule has 1 aromatic rings. The molecule has 0 aromatic heterocycles. The van der Waals surface area contributed by atoms with Crippen molar-refractivity contribution in [1.82, 2.24) is 0 Å². The van der Waals surface area contributed by atoms with Crippen molar-refractivity contribution in [3.8, 4) is 0 Å². The highest BCUT2D eigenvalue weighted by atomic mass is 35.5. The highest BCUT2D eigenvalue weighted by Gasteiger charge is 2.36. The molecule has 1 aliphatic carbocycles. The minimum absolute atomic E-state index is 0.141. The van der Waals surface area contributed by atoms with Crippen LogP contribution in [0.5, 0.6) is 0 Å². The topological polar surface area (TPSA) is 17.1 Å². The van der Waals surface area contributed by atoms with E-state index in [1.807, 2.05) is 32.1 Å². The molecule has 2 rings (SSSR count). The maximum atomic E-state index is 12.5. The first kappa shape index (κ1) is 13.4. The zero-order chi connectivity index (χ0) is 13.3. The minimum Gasteiger partial charge on any atom is -0.292 e. The first-order valence-electron chi connectivity index (χ1n) is 5.77. The third-order valence-corrected chi connectivity index (χ3v) is 3.77. The van der Waals surface area contributed by atoms with Crippen molar-refractivity contribution >= 4 is 29.0 Å². The van der Waals surface area contributed by atoms with Crippen molar-refractivity contribution in [2.24, 2.45) is 0 Å². The van der Waals surface area contributed by atoms with Gasteiger partial charge in [-0.3, -0.25) is 4.79 Å². The number of rotatable bonds is 2. The Morgan fingerprint density at radius 3 is 2.67 bits per heavy atom. The summed E-state index contributed by atoms with van der Waals surface area (Å²) in [6.45, 7) is 3.90. The van der Waals surface area contributed by atoms with Crippen molar-refractivity contribution in [3.05, 3.63) is 58.1 Å². The van der Waals surface area contributed by atoms with Crippen LogP contribution in [0.4, 0.5) is 0 Å². The van der Waals surface area contributed by atoms with E-state index in [4.69, 9.17) is 23.2 Å². The molecule has 0 heterocycles. The summed E-state index contributed by atoms with van der Waals surface area (Å²) in [6, 6.07) is 5.39. The van der Waals surface area contributed by atoms with Gasteiger partial charge in [0, 0.05) is 5.56 Å². The number of Topliss-reactive ketones (excluding diaryl/α,β-unsaturated/α-hetero) is 1. The minimum atomic E-state index is -1.00. The van der Waals surface area contributed by atoms with Crippen LogP contribution in [0.25, 0.3) is 0 Å². The fourth-order valence-electron chi connectivity index (χ4n) is 2.07. The van der Waals surface area contributed by atoms with Crippen LogP contribution in [0.3, 0.4) is 0 Å². The zero-order valence-electron chi connectivity index (χ0n) is 10.3. The highest BCUT2D eigenvalue weighted by molar-refractivity contribution is 6.42. The molecule has 0 fully saturated rings. The lowest BCUT2D eigenvalue weighted by Crippen LogP contribution is -2.32. The lowest BCUT2D eigenvalue weighted by Gasteiger charge is -2.25. The summed E-state index contributed by atoms with van der Waals surface area (Å²) in [5.74, 6) is -0.141. The molecule has 1 aliphatic rings. The van der Waals surface area contributed by atoms with Crippen LogP contribution in [0.1, 0.15) is 29.3 Å². The van der Waals surface area contributed by atoms with Crippen molar-refractivity contribution in [3.63, 3.8) is 0 Å². The van der Waals surface area contributed by atoms with Gasteiger partial charge in [-0.05, 0) is 38.0 Å². The molecule has 1 unspecified atom stereocenters. The average molecular weight is 281 g/mol. The molecule has 0 saturated carbocycles. The molecule has 3 heteroatoms. The predicted molar refractivity (Wildman–Crippen MR) is 76.6 cm³/mol. The molecular formula is C15H14Cl2O. The number of aryl methyl sites for hydroxylation is 1. The molecule has 0 spiro atoms. The van der Waals surface area contributed by atoms with Gasteiger partial charge in [-0.15, -0.1) is 11.6 Å². The first-order chi connectivity index (χ1) is 8.42. The number of hydrogen-bond acceptors (Lipinski definition) is 1. The molecular weight excluding hydrogens is 267 g/mol. The SMILES string of the molecule is CC1=CC=CC(Cl)(C(=O)c2ccc(C)cc2Cl)C1. The van der Waals surface area contributed by atoms with Crippen LogP contribution < -0.4 is 0 Å². The third-order valence-electron chi connectivity index (χ3n) is 3.02. The van der Waals surface area contributed by atoms with Crippen LogP contribution in [-0.2, 0) is 0 Å². The van der Waals surface area contributed by atoms with Gasteiger partial charge in [-0.2, -0.15) is 0 Å². The summed E-state index contributed by atoms with van der Waals surface area (Å²) < 4.78 is 0. The van der Waals surface area contributed by atoms with Gasteiger partial charge in [0.15, 0.2) is 5.78 Å². The highest BCUT2D eigenvalue weighted by Crippen LogP contribution is 2.34. The maximum absolute atomic E-state index is 12.5. The van der Waals surface area contributed by atoms with Crippen LogP contribution in [0.15, 0.2) is 42.0 Å². The molecule has 0 saturated heterocycles. The van der Waals surface area contributed by atoms with Gasteiger partial charge < -0.3 is 0 Å². The number of hydrogen-bond donors (Lipinski definition) is 0. The van der Waals surface area contributed by atoms with Gasteiger partial charge >= 0.3 is 0 Å². The molecule has 0 bridgehead atoms. The van der Waals surface area contributed by atoms with Gasteiger partial charge in [0.2, 0.25) is 0 Å². The second-order valence-electron chi connectivity index (χ2n) is 4.72. The fraction of sp³-hybridized carbons (Fsp3) is 0.267. The number of benzene rings is 1. The third kappa shape index (κ3) is 2.52. The van der Waals surface area contributed by atoms with Gasteiger partial charge in [0.25, 0.3) is 0 Å². The zero-order valence-corrected chi connectivity index (χ0v) is 11.8.